The lowest BCUT2D eigenvalue weighted by Gasteiger charge is -2.33. The van der Waals surface area contributed by atoms with Gasteiger partial charge in [0.1, 0.15) is 24.1 Å². The van der Waals surface area contributed by atoms with Gasteiger partial charge in [-0.2, -0.15) is 0 Å². The zero-order valence-corrected chi connectivity index (χ0v) is 27.4. The summed E-state index contributed by atoms with van der Waals surface area (Å²) in [5, 5.41) is 3.50. The van der Waals surface area contributed by atoms with E-state index in [1.165, 1.54) is 37.3 Å². The van der Waals surface area contributed by atoms with Crippen LogP contribution in [0.4, 0.5) is 5.69 Å². The molecule has 0 unspecified atom stereocenters. The number of rotatable bonds is 13. The maximum Gasteiger partial charge on any atom is 0.264 e. The van der Waals surface area contributed by atoms with Gasteiger partial charge < -0.3 is 19.7 Å². The van der Waals surface area contributed by atoms with Crippen LogP contribution in [0.5, 0.6) is 11.5 Å². The first-order valence-corrected chi connectivity index (χ1v) is 15.9. The Kier molecular flexibility index (Phi) is 11.7. The summed E-state index contributed by atoms with van der Waals surface area (Å²) in [5.74, 6) is -0.512. The maximum absolute atomic E-state index is 14.2. The first-order chi connectivity index (χ1) is 20.3. The molecule has 0 aromatic heterocycles. The molecule has 3 aromatic carbocycles. The van der Waals surface area contributed by atoms with Crippen molar-refractivity contribution in [1.29, 1.82) is 0 Å². The van der Waals surface area contributed by atoms with Crippen LogP contribution in [0.3, 0.4) is 0 Å². The van der Waals surface area contributed by atoms with Crippen LogP contribution in [0.15, 0.2) is 65.6 Å². The number of nitrogens with one attached hydrogen (secondary N) is 1. The number of methoxy groups -OCH3 is 2. The third-order valence-electron chi connectivity index (χ3n) is 7.10. The molecule has 0 aliphatic heterocycles. The summed E-state index contributed by atoms with van der Waals surface area (Å²) in [6, 6.07) is 14.7. The number of carbonyl (C=O) groups is 2. The number of sulfonamides is 1. The molecule has 0 spiro atoms. The number of hydrogen-bond acceptors (Lipinski definition) is 6. The summed E-state index contributed by atoms with van der Waals surface area (Å²) in [6.45, 7) is 6.39. The van der Waals surface area contributed by atoms with Gasteiger partial charge >= 0.3 is 0 Å². The van der Waals surface area contributed by atoms with Gasteiger partial charge in [0.25, 0.3) is 10.0 Å². The summed E-state index contributed by atoms with van der Waals surface area (Å²) >= 11 is 12.9. The van der Waals surface area contributed by atoms with E-state index in [-0.39, 0.29) is 28.9 Å². The van der Waals surface area contributed by atoms with Crippen LogP contribution in [-0.2, 0) is 26.2 Å². The van der Waals surface area contributed by atoms with Crippen molar-refractivity contribution in [3.8, 4) is 11.5 Å². The van der Waals surface area contributed by atoms with Gasteiger partial charge in [0.2, 0.25) is 11.8 Å². The highest BCUT2D eigenvalue weighted by molar-refractivity contribution is 7.92. The monoisotopic (exact) mass is 649 g/mol. The predicted octanol–water partition coefficient (Wildman–Crippen LogP) is 5.85. The molecule has 0 fully saturated rings. The maximum atomic E-state index is 14.2. The fraction of sp³-hybridized carbons (Fsp3) is 0.355. The molecule has 0 heterocycles. The molecule has 0 aliphatic carbocycles. The summed E-state index contributed by atoms with van der Waals surface area (Å²) in [7, 11) is -1.47. The van der Waals surface area contributed by atoms with Crippen LogP contribution < -0.4 is 19.1 Å². The van der Waals surface area contributed by atoms with Crippen molar-refractivity contribution in [3.63, 3.8) is 0 Å². The number of carbonyl (C=O) groups excluding carboxylic acids is 2. The molecule has 0 bridgehead atoms. The first kappa shape index (κ1) is 34.0. The molecule has 0 saturated heterocycles. The van der Waals surface area contributed by atoms with Crippen molar-refractivity contribution in [2.24, 2.45) is 0 Å². The summed E-state index contributed by atoms with van der Waals surface area (Å²) in [6.07, 6.45) is 0.682. The number of nitrogens with zero attached hydrogens (tertiary/aromatic N) is 2. The molecule has 0 saturated carbocycles. The number of aryl methyl sites for hydroxylation is 1. The van der Waals surface area contributed by atoms with E-state index in [9.17, 15) is 18.0 Å². The van der Waals surface area contributed by atoms with Crippen molar-refractivity contribution >= 4 is 50.7 Å². The fourth-order valence-electron chi connectivity index (χ4n) is 4.24. The van der Waals surface area contributed by atoms with Crippen LogP contribution in [0.2, 0.25) is 10.0 Å². The van der Waals surface area contributed by atoms with Gasteiger partial charge in [-0.05, 0) is 63.6 Å². The number of anilines is 1. The summed E-state index contributed by atoms with van der Waals surface area (Å²) < 4.78 is 40.1. The van der Waals surface area contributed by atoms with E-state index in [4.69, 9.17) is 32.7 Å². The molecule has 9 nitrogen and oxygen atoms in total. The van der Waals surface area contributed by atoms with E-state index in [1.807, 2.05) is 20.8 Å². The van der Waals surface area contributed by atoms with Gasteiger partial charge in [-0.1, -0.05) is 53.9 Å². The molecule has 0 radical (unpaired) electrons. The standard InChI is InChI=1S/C31H37Cl2N3O6S/c1-7-21(3)34-31(38)22(4)35(18-25-26(32)9-8-10-27(25)33)30(37)19-36(28-17-23(41-5)13-16-29(28)42-6)43(39,40)24-14-11-20(2)12-15-24/h8-17,21-22H,7,18-19H2,1-6H3,(H,34,38)/t21-,22-/m0/s1. The fourth-order valence-corrected chi connectivity index (χ4v) is 6.18. The highest BCUT2D eigenvalue weighted by Gasteiger charge is 2.34. The van der Waals surface area contributed by atoms with Gasteiger partial charge in [0, 0.05) is 34.3 Å². The number of halogens is 2. The molecule has 2 amide bonds. The smallest absolute Gasteiger partial charge is 0.264 e. The highest BCUT2D eigenvalue weighted by Crippen LogP contribution is 2.36. The first-order valence-electron chi connectivity index (χ1n) is 13.7. The van der Waals surface area contributed by atoms with Crippen molar-refractivity contribution in [3.05, 3.63) is 81.8 Å². The molecule has 3 rings (SSSR count). The van der Waals surface area contributed by atoms with Crippen LogP contribution in [0.1, 0.15) is 38.3 Å². The lowest BCUT2D eigenvalue weighted by molar-refractivity contribution is -0.139. The predicted molar refractivity (Wildman–Crippen MR) is 170 cm³/mol. The lowest BCUT2D eigenvalue weighted by Crippen LogP contribution is -2.52. The number of hydrogen-bond donors (Lipinski definition) is 1. The average molecular weight is 651 g/mol. The van der Waals surface area contributed by atoms with Crippen LogP contribution in [-0.4, -0.2) is 58.0 Å². The number of ether oxygens (including phenoxy) is 2. The molecular weight excluding hydrogens is 613 g/mol. The van der Waals surface area contributed by atoms with E-state index in [0.29, 0.717) is 27.8 Å². The SMILES string of the molecule is CC[C@H](C)NC(=O)[C@H](C)N(Cc1c(Cl)cccc1Cl)C(=O)CN(c1cc(OC)ccc1OC)S(=O)(=O)c1ccc(C)cc1. The van der Waals surface area contributed by atoms with E-state index < -0.39 is 34.4 Å². The van der Waals surface area contributed by atoms with E-state index in [1.54, 1.807) is 49.4 Å². The minimum atomic E-state index is -4.32. The Hall–Kier alpha value is -3.47. The molecular formula is C31H37Cl2N3O6S. The molecule has 3 aromatic rings. The quantitative estimate of drug-likeness (QED) is 0.249. The van der Waals surface area contributed by atoms with Crippen molar-refractivity contribution < 1.29 is 27.5 Å². The Morgan fingerprint density at radius 2 is 1.58 bits per heavy atom. The minimum absolute atomic E-state index is 0.0287. The highest BCUT2D eigenvalue weighted by atomic mass is 35.5. The lowest BCUT2D eigenvalue weighted by atomic mass is 10.1. The third-order valence-corrected chi connectivity index (χ3v) is 9.58. The van der Waals surface area contributed by atoms with Crippen molar-refractivity contribution in [2.45, 2.75) is 57.6 Å². The largest absolute Gasteiger partial charge is 0.497 e. The van der Waals surface area contributed by atoms with Gasteiger partial charge in [-0.15, -0.1) is 0 Å². The molecule has 0 aliphatic rings. The number of amides is 2. The Morgan fingerprint density at radius 3 is 2.14 bits per heavy atom. The molecule has 12 heteroatoms. The molecule has 43 heavy (non-hydrogen) atoms. The Balaban J connectivity index is 2.16. The second kappa shape index (κ2) is 14.8. The Morgan fingerprint density at radius 1 is 0.953 bits per heavy atom. The van der Waals surface area contributed by atoms with E-state index in [2.05, 4.69) is 5.32 Å². The molecule has 232 valence electrons. The molecule has 1 N–H and O–H groups in total. The van der Waals surface area contributed by atoms with Gasteiger partial charge in [-0.3, -0.25) is 13.9 Å². The van der Waals surface area contributed by atoms with Crippen LogP contribution in [0.25, 0.3) is 0 Å². The third kappa shape index (κ3) is 8.13. The Bertz CT molecular complexity index is 1530. The normalized spacial score (nSPS) is 12.7. The van der Waals surface area contributed by atoms with Gasteiger partial charge in [0.05, 0.1) is 24.8 Å². The molecule has 2 atom stereocenters. The minimum Gasteiger partial charge on any atom is -0.497 e. The second-order valence-electron chi connectivity index (χ2n) is 10.1. The second-order valence-corrected chi connectivity index (χ2v) is 12.8. The summed E-state index contributed by atoms with van der Waals surface area (Å²) in [4.78, 5) is 28.7. The van der Waals surface area contributed by atoms with Crippen LogP contribution >= 0.6 is 23.2 Å². The number of benzene rings is 3. The Labute approximate surface area is 263 Å². The van der Waals surface area contributed by atoms with E-state index >= 15 is 0 Å². The summed E-state index contributed by atoms with van der Waals surface area (Å²) in [5.41, 5.74) is 1.38. The zero-order valence-electron chi connectivity index (χ0n) is 25.1. The van der Waals surface area contributed by atoms with Crippen molar-refractivity contribution in [1.82, 2.24) is 10.2 Å². The van der Waals surface area contributed by atoms with Gasteiger partial charge in [-0.25, -0.2) is 8.42 Å². The zero-order chi connectivity index (χ0) is 31.9. The van der Waals surface area contributed by atoms with E-state index in [0.717, 1.165) is 9.87 Å². The van der Waals surface area contributed by atoms with Crippen LogP contribution in [0, 0.1) is 6.92 Å². The van der Waals surface area contributed by atoms with Gasteiger partial charge in [0.15, 0.2) is 0 Å². The van der Waals surface area contributed by atoms with Crippen molar-refractivity contribution in [2.75, 3.05) is 25.1 Å². The topological polar surface area (TPSA) is 105 Å². The average Bonchev–Trinajstić information content (AvgIpc) is 2.99.